The summed E-state index contributed by atoms with van der Waals surface area (Å²) in [7, 11) is 0. The van der Waals surface area contributed by atoms with Crippen LogP contribution in [-0.4, -0.2) is 46.1 Å². The maximum Gasteiger partial charge on any atom is 0.408 e. The van der Waals surface area contributed by atoms with Crippen LogP contribution in [0.5, 0.6) is 5.75 Å². The number of phenols is 1. The third-order valence-electron chi connectivity index (χ3n) is 5.42. The summed E-state index contributed by atoms with van der Waals surface area (Å²) in [4.78, 5) is 41.2. The molecule has 3 N–H and O–H groups in total. The Bertz CT molecular complexity index is 1050. The van der Waals surface area contributed by atoms with Gasteiger partial charge in [-0.25, -0.2) is 4.79 Å². The molecule has 0 spiro atoms. The lowest BCUT2D eigenvalue weighted by Crippen LogP contribution is -2.54. The van der Waals surface area contributed by atoms with Crippen LogP contribution in [0.1, 0.15) is 58.7 Å². The maximum absolute atomic E-state index is 13.8. The molecule has 0 aliphatic carbocycles. The molecule has 2 atom stereocenters. The number of para-hydroxylation sites is 2. The summed E-state index contributed by atoms with van der Waals surface area (Å²) in [6.45, 7) is 12.6. The van der Waals surface area contributed by atoms with E-state index in [4.69, 9.17) is 4.74 Å². The summed E-state index contributed by atoms with van der Waals surface area (Å²) >= 11 is 0. The van der Waals surface area contributed by atoms with Crippen molar-refractivity contribution in [2.75, 3.05) is 11.9 Å². The fourth-order valence-corrected chi connectivity index (χ4v) is 3.68. The molecule has 2 aromatic rings. The molecular weight excluding hydrogens is 446 g/mol. The first-order chi connectivity index (χ1) is 16.4. The van der Waals surface area contributed by atoms with Crippen molar-refractivity contribution in [3.8, 4) is 5.75 Å². The Kier molecular flexibility index (Phi) is 9.28. The van der Waals surface area contributed by atoms with Crippen LogP contribution < -0.4 is 10.6 Å². The molecule has 2 unspecified atom stereocenters. The van der Waals surface area contributed by atoms with Crippen LogP contribution in [0.3, 0.4) is 0 Å². The van der Waals surface area contributed by atoms with Crippen molar-refractivity contribution in [3.63, 3.8) is 0 Å². The van der Waals surface area contributed by atoms with E-state index >= 15 is 0 Å². The largest absolute Gasteiger partial charge is 0.508 e. The lowest BCUT2D eigenvalue weighted by atomic mass is 9.98. The number of amides is 3. The number of phenolic OH excluding ortho intramolecular Hbond substituents is 1. The second kappa shape index (κ2) is 11.7. The number of aryl methyl sites for hydroxylation is 1. The van der Waals surface area contributed by atoms with E-state index in [9.17, 15) is 19.5 Å². The molecule has 3 amide bonds. The summed E-state index contributed by atoms with van der Waals surface area (Å²) in [6.07, 6.45) is -0.718. The van der Waals surface area contributed by atoms with Crippen LogP contribution in [0, 0.1) is 12.8 Å². The molecule has 0 heterocycles. The average Bonchev–Trinajstić information content (AvgIpc) is 2.76. The molecule has 0 bridgehead atoms. The predicted molar refractivity (Wildman–Crippen MR) is 136 cm³/mol. The van der Waals surface area contributed by atoms with Crippen molar-refractivity contribution in [2.45, 2.75) is 66.2 Å². The van der Waals surface area contributed by atoms with E-state index in [1.807, 2.05) is 19.1 Å². The van der Waals surface area contributed by atoms with Gasteiger partial charge < -0.3 is 25.4 Å². The van der Waals surface area contributed by atoms with Gasteiger partial charge in [0.25, 0.3) is 5.91 Å². The lowest BCUT2D eigenvalue weighted by molar-refractivity contribution is -0.141. The van der Waals surface area contributed by atoms with Gasteiger partial charge in [0.2, 0.25) is 5.91 Å². The van der Waals surface area contributed by atoms with E-state index in [-0.39, 0.29) is 23.8 Å². The molecule has 0 fully saturated rings. The Morgan fingerprint density at radius 2 is 1.63 bits per heavy atom. The zero-order valence-corrected chi connectivity index (χ0v) is 21.6. The first-order valence-corrected chi connectivity index (χ1v) is 11.8. The van der Waals surface area contributed by atoms with Crippen LogP contribution >= 0.6 is 0 Å². The van der Waals surface area contributed by atoms with Gasteiger partial charge in [-0.3, -0.25) is 9.59 Å². The SMILES string of the molecule is CCN(C(=O)C(NC(=O)OC(C)(C)C)C(C)C)C(C(=O)Nc1ccccc1C)c1ccccc1O. The third kappa shape index (κ3) is 7.47. The van der Waals surface area contributed by atoms with Crippen molar-refractivity contribution in [1.29, 1.82) is 0 Å². The number of anilines is 1. The van der Waals surface area contributed by atoms with Crippen LogP contribution in [0.2, 0.25) is 0 Å². The first kappa shape index (κ1) is 27.7. The third-order valence-corrected chi connectivity index (χ3v) is 5.42. The Labute approximate surface area is 207 Å². The summed E-state index contributed by atoms with van der Waals surface area (Å²) < 4.78 is 5.35. The van der Waals surface area contributed by atoms with E-state index in [0.29, 0.717) is 5.69 Å². The number of ether oxygens (including phenoxy) is 1. The number of carbonyl (C=O) groups excluding carboxylic acids is 3. The highest BCUT2D eigenvalue weighted by Gasteiger charge is 2.37. The Hall–Kier alpha value is -3.55. The van der Waals surface area contributed by atoms with Crippen molar-refractivity contribution < 1.29 is 24.2 Å². The quantitative estimate of drug-likeness (QED) is 0.501. The smallest absolute Gasteiger partial charge is 0.408 e. The van der Waals surface area contributed by atoms with Gasteiger partial charge in [0, 0.05) is 17.8 Å². The fourth-order valence-electron chi connectivity index (χ4n) is 3.68. The molecule has 190 valence electrons. The Balaban J connectivity index is 2.46. The number of hydrogen-bond acceptors (Lipinski definition) is 5. The van der Waals surface area contributed by atoms with Gasteiger partial charge in [-0.1, -0.05) is 50.2 Å². The minimum Gasteiger partial charge on any atom is -0.508 e. The predicted octanol–water partition coefficient (Wildman–Crippen LogP) is 4.78. The molecular formula is C27H37N3O5. The van der Waals surface area contributed by atoms with Gasteiger partial charge in [0.15, 0.2) is 0 Å². The Morgan fingerprint density at radius 1 is 1.03 bits per heavy atom. The average molecular weight is 484 g/mol. The van der Waals surface area contributed by atoms with E-state index in [1.54, 1.807) is 71.9 Å². The van der Waals surface area contributed by atoms with Crippen LogP contribution in [0.15, 0.2) is 48.5 Å². The van der Waals surface area contributed by atoms with E-state index in [0.717, 1.165) is 5.56 Å². The normalized spacial score (nSPS) is 13.0. The summed E-state index contributed by atoms with van der Waals surface area (Å²) in [5.41, 5.74) is 1.02. The number of carbonyl (C=O) groups is 3. The second-order valence-corrected chi connectivity index (χ2v) is 9.76. The number of likely N-dealkylation sites (N-methyl/N-ethyl adjacent to an activating group) is 1. The molecule has 0 radical (unpaired) electrons. The molecule has 0 saturated heterocycles. The van der Waals surface area contributed by atoms with Gasteiger partial charge in [-0.2, -0.15) is 0 Å². The van der Waals surface area contributed by atoms with Crippen molar-refractivity contribution in [1.82, 2.24) is 10.2 Å². The number of alkyl carbamates (subject to hydrolysis) is 1. The molecule has 35 heavy (non-hydrogen) atoms. The number of rotatable bonds is 8. The van der Waals surface area contributed by atoms with Gasteiger partial charge >= 0.3 is 6.09 Å². The monoisotopic (exact) mass is 483 g/mol. The van der Waals surface area contributed by atoms with Gasteiger partial charge in [0.1, 0.15) is 23.4 Å². The number of nitrogens with one attached hydrogen (secondary N) is 2. The van der Waals surface area contributed by atoms with Crippen LogP contribution in [0.4, 0.5) is 10.5 Å². The van der Waals surface area contributed by atoms with E-state index in [1.165, 1.54) is 11.0 Å². The van der Waals surface area contributed by atoms with Gasteiger partial charge in [-0.15, -0.1) is 0 Å². The standard InChI is InChI=1S/C27H37N3O5/c1-8-30(25(33)22(17(2)3)29-26(34)35-27(5,6)7)23(19-14-10-12-16-21(19)31)24(32)28-20-15-11-9-13-18(20)4/h9-17,22-23,31H,8H2,1-7H3,(H,28,32)(H,29,34). The van der Waals surface area contributed by atoms with Gasteiger partial charge in [0.05, 0.1) is 0 Å². The molecule has 2 aromatic carbocycles. The van der Waals surface area contributed by atoms with E-state index < -0.39 is 35.6 Å². The highest BCUT2D eigenvalue weighted by atomic mass is 16.6. The van der Waals surface area contributed by atoms with Crippen LogP contribution in [0.25, 0.3) is 0 Å². The van der Waals surface area contributed by atoms with Crippen molar-refractivity contribution >= 4 is 23.6 Å². The molecule has 2 rings (SSSR count). The highest BCUT2D eigenvalue weighted by molar-refractivity contribution is 5.99. The van der Waals surface area contributed by atoms with Crippen molar-refractivity contribution in [2.24, 2.45) is 5.92 Å². The molecule has 8 heteroatoms. The highest BCUT2D eigenvalue weighted by Crippen LogP contribution is 2.31. The zero-order valence-electron chi connectivity index (χ0n) is 21.6. The van der Waals surface area contributed by atoms with Crippen molar-refractivity contribution in [3.05, 3.63) is 59.7 Å². The zero-order chi connectivity index (χ0) is 26.3. The molecule has 0 saturated carbocycles. The topological polar surface area (TPSA) is 108 Å². The number of benzene rings is 2. The van der Waals surface area contributed by atoms with E-state index in [2.05, 4.69) is 10.6 Å². The Morgan fingerprint density at radius 3 is 2.17 bits per heavy atom. The van der Waals surface area contributed by atoms with Gasteiger partial charge in [-0.05, 0) is 58.2 Å². The minimum absolute atomic E-state index is 0.107. The maximum atomic E-state index is 13.8. The number of aromatic hydroxyl groups is 1. The summed E-state index contributed by atoms with van der Waals surface area (Å²) in [5.74, 6) is -1.32. The second-order valence-electron chi connectivity index (χ2n) is 9.76. The van der Waals surface area contributed by atoms with Crippen LogP contribution in [-0.2, 0) is 14.3 Å². The summed E-state index contributed by atoms with van der Waals surface area (Å²) in [5, 5.41) is 16.1. The minimum atomic E-state index is -1.13. The fraction of sp³-hybridized carbons (Fsp3) is 0.444. The molecule has 0 aliphatic heterocycles. The summed E-state index contributed by atoms with van der Waals surface area (Å²) in [6, 6.07) is 11.7. The molecule has 8 nitrogen and oxygen atoms in total. The lowest BCUT2D eigenvalue weighted by Gasteiger charge is -2.35. The first-order valence-electron chi connectivity index (χ1n) is 11.8. The molecule has 0 aliphatic rings. The number of hydrogen-bond donors (Lipinski definition) is 3. The molecule has 0 aromatic heterocycles. The number of nitrogens with zero attached hydrogens (tertiary/aromatic N) is 1.